The number of ether oxygens (including phenoxy) is 2. The van der Waals surface area contributed by atoms with Gasteiger partial charge in [-0.05, 0) is 24.1 Å². The van der Waals surface area contributed by atoms with E-state index in [4.69, 9.17) is 9.47 Å². The van der Waals surface area contributed by atoms with E-state index in [-0.39, 0.29) is 12.5 Å². The molecule has 4 heteroatoms. The van der Waals surface area contributed by atoms with Crippen molar-refractivity contribution >= 4 is 5.97 Å². The molecule has 1 N–H and O–H groups in total. The van der Waals surface area contributed by atoms with Crippen molar-refractivity contribution in [1.82, 2.24) is 0 Å². The summed E-state index contributed by atoms with van der Waals surface area (Å²) in [7, 11) is 1.61. The highest BCUT2D eigenvalue weighted by Crippen LogP contribution is 2.16. The summed E-state index contributed by atoms with van der Waals surface area (Å²) in [6.45, 7) is 4.22. The van der Waals surface area contributed by atoms with Crippen molar-refractivity contribution in [1.29, 1.82) is 0 Å². The predicted molar refractivity (Wildman–Crippen MR) is 82.4 cm³/mol. The summed E-state index contributed by atoms with van der Waals surface area (Å²) >= 11 is 0. The Morgan fingerprint density at radius 1 is 1.33 bits per heavy atom. The van der Waals surface area contributed by atoms with Gasteiger partial charge in [0, 0.05) is 5.92 Å². The van der Waals surface area contributed by atoms with Gasteiger partial charge in [0.05, 0.1) is 13.7 Å². The fourth-order valence-corrected chi connectivity index (χ4v) is 1.93. The number of benzene rings is 1. The first-order chi connectivity index (χ1) is 10.1. The van der Waals surface area contributed by atoms with Gasteiger partial charge in [0.15, 0.2) is 6.10 Å². The molecule has 0 saturated heterocycles. The first kappa shape index (κ1) is 17.2. The highest BCUT2D eigenvalue weighted by Gasteiger charge is 2.23. The Bertz CT molecular complexity index is 450. The number of aliphatic carboxylic acids is 1. The molecule has 4 nitrogen and oxygen atoms in total. The van der Waals surface area contributed by atoms with Crippen LogP contribution in [0.3, 0.4) is 0 Å². The third-order valence-corrected chi connectivity index (χ3v) is 3.20. The summed E-state index contributed by atoms with van der Waals surface area (Å²) in [5.74, 6) is -0.325. The van der Waals surface area contributed by atoms with Crippen LogP contribution in [-0.2, 0) is 16.1 Å². The Morgan fingerprint density at radius 2 is 2.00 bits per heavy atom. The van der Waals surface area contributed by atoms with Crippen molar-refractivity contribution in [2.24, 2.45) is 5.92 Å². The molecular weight excluding hydrogens is 268 g/mol. The smallest absolute Gasteiger partial charge is 0.333 e. The molecule has 0 aliphatic carbocycles. The molecule has 1 aromatic carbocycles. The molecule has 0 heterocycles. The molecule has 0 aromatic heterocycles. The topological polar surface area (TPSA) is 55.8 Å². The number of hydrogen-bond acceptors (Lipinski definition) is 3. The van der Waals surface area contributed by atoms with Crippen molar-refractivity contribution in [3.05, 3.63) is 42.0 Å². The van der Waals surface area contributed by atoms with E-state index >= 15 is 0 Å². The van der Waals surface area contributed by atoms with E-state index in [0.717, 1.165) is 24.2 Å². The molecule has 0 aliphatic rings. The number of carboxylic acid groups (broad SMARTS) is 1. The average Bonchev–Trinajstić information content (AvgIpc) is 2.48. The van der Waals surface area contributed by atoms with Gasteiger partial charge in [-0.2, -0.15) is 0 Å². The van der Waals surface area contributed by atoms with E-state index in [1.807, 2.05) is 43.3 Å². The summed E-state index contributed by atoms with van der Waals surface area (Å²) in [6, 6.07) is 7.41. The van der Waals surface area contributed by atoms with Crippen LogP contribution in [0.4, 0.5) is 0 Å². The lowest BCUT2D eigenvalue weighted by Gasteiger charge is -2.18. The Labute approximate surface area is 126 Å². The van der Waals surface area contributed by atoms with Crippen molar-refractivity contribution in [3.63, 3.8) is 0 Å². The van der Waals surface area contributed by atoms with Gasteiger partial charge < -0.3 is 14.6 Å². The molecule has 0 amide bonds. The van der Waals surface area contributed by atoms with Gasteiger partial charge in [0.2, 0.25) is 0 Å². The van der Waals surface area contributed by atoms with E-state index in [9.17, 15) is 9.90 Å². The molecule has 1 aromatic rings. The molecule has 0 bridgehead atoms. The van der Waals surface area contributed by atoms with Gasteiger partial charge >= 0.3 is 5.97 Å². The maximum absolute atomic E-state index is 11.3. The molecule has 0 saturated carbocycles. The maximum Gasteiger partial charge on any atom is 0.333 e. The monoisotopic (exact) mass is 292 g/mol. The number of hydrogen-bond donors (Lipinski definition) is 1. The van der Waals surface area contributed by atoms with Gasteiger partial charge in [0.1, 0.15) is 5.75 Å². The second-order valence-corrected chi connectivity index (χ2v) is 4.99. The highest BCUT2D eigenvalue weighted by atomic mass is 16.5. The summed E-state index contributed by atoms with van der Waals surface area (Å²) in [5.41, 5.74) is 0.923. The van der Waals surface area contributed by atoms with Crippen molar-refractivity contribution < 1.29 is 19.4 Å². The van der Waals surface area contributed by atoms with E-state index < -0.39 is 12.1 Å². The molecule has 21 heavy (non-hydrogen) atoms. The normalized spacial score (nSPS) is 14.0. The Morgan fingerprint density at radius 3 is 2.52 bits per heavy atom. The van der Waals surface area contributed by atoms with Crippen LogP contribution in [-0.4, -0.2) is 24.3 Å². The van der Waals surface area contributed by atoms with E-state index in [1.165, 1.54) is 0 Å². The minimum atomic E-state index is -0.933. The second kappa shape index (κ2) is 9.19. The van der Waals surface area contributed by atoms with Gasteiger partial charge in [-0.25, -0.2) is 4.79 Å². The molecule has 1 rings (SSSR count). The number of carbonyl (C=O) groups is 1. The zero-order chi connectivity index (χ0) is 15.7. The van der Waals surface area contributed by atoms with Crippen LogP contribution in [0, 0.1) is 5.92 Å². The number of methoxy groups -OCH3 is 1. The lowest BCUT2D eigenvalue weighted by molar-refractivity contribution is -0.153. The standard InChI is InChI=1S/C17H24O4/c1-4-5-6-7-13(2)16(17(18)19)21-12-14-8-10-15(20-3)11-9-14/h6-11,13,16H,4-5,12H2,1-3H3,(H,18,19)/b7-6+/t13-,16-/m1/s1. The fraction of sp³-hybridized carbons (Fsp3) is 0.471. The number of unbranched alkanes of at least 4 members (excludes halogenated alkanes) is 1. The van der Waals surface area contributed by atoms with Crippen LogP contribution in [0.5, 0.6) is 5.75 Å². The third kappa shape index (κ3) is 6.00. The first-order valence-corrected chi connectivity index (χ1v) is 7.22. The summed E-state index contributed by atoms with van der Waals surface area (Å²) in [4.78, 5) is 11.3. The minimum Gasteiger partial charge on any atom is -0.497 e. The third-order valence-electron chi connectivity index (χ3n) is 3.20. The fourth-order valence-electron chi connectivity index (χ4n) is 1.93. The number of rotatable bonds is 9. The van der Waals surface area contributed by atoms with Crippen LogP contribution in [0.1, 0.15) is 32.3 Å². The molecule has 0 radical (unpaired) electrons. The van der Waals surface area contributed by atoms with Crippen molar-refractivity contribution in [2.45, 2.75) is 39.4 Å². The van der Waals surface area contributed by atoms with Crippen LogP contribution < -0.4 is 4.74 Å². The summed E-state index contributed by atoms with van der Waals surface area (Å²) < 4.78 is 10.6. The predicted octanol–water partition coefficient (Wildman–Crippen LogP) is 3.66. The van der Waals surface area contributed by atoms with E-state index in [2.05, 4.69) is 6.92 Å². The Kier molecular flexibility index (Phi) is 7.54. The molecule has 116 valence electrons. The van der Waals surface area contributed by atoms with Crippen LogP contribution >= 0.6 is 0 Å². The SMILES string of the molecule is CCC/C=C/[C@@H](C)[C@@H](OCc1ccc(OC)cc1)C(=O)O. The lowest BCUT2D eigenvalue weighted by Crippen LogP contribution is -2.29. The van der Waals surface area contributed by atoms with Crippen LogP contribution in [0.25, 0.3) is 0 Å². The molecule has 2 atom stereocenters. The molecule has 0 unspecified atom stereocenters. The molecule has 0 fully saturated rings. The minimum absolute atomic E-state index is 0.160. The maximum atomic E-state index is 11.3. The second-order valence-electron chi connectivity index (χ2n) is 4.99. The molecular formula is C17H24O4. The Balaban J connectivity index is 2.59. The number of carboxylic acids is 1. The zero-order valence-electron chi connectivity index (χ0n) is 12.9. The quantitative estimate of drug-likeness (QED) is 0.706. The summed E-state index contributed by atoms with van der Waals surface area (Å²) in [5, 5.41) is 9.28. The summed E-state index contributed by atoms with van der Waals surface area (Å²) in [6.07, 6.45) is 5.09. The van der Waals surface area contributed by atoms with Gasteiger partial charge in [-0.3, -0.25) is 0 Å². The number of allylic oxidation sites excluding steroid dienone is 1. The largest absolute Gasteiger partial charge is 0.497 e. The highest BCUT2D eigenvalue weighted by molar-refractivity contribution is 5.73. The first-order valence-electron chi connectivity index (χ1n) is 7.22. The van der Waals surface area contributed by atoms with E-state index in [1.54, 1.807) is 7.11 Å². The van der Waals surface area contributed by atoms with Crippen molar-refractivity contribution in [2.75, 3.05) is 7.11 Å². The van der Waals surface area contributed by atoms with E-state index in [0.29, 0.717) is 0 Å². The van der Waals surface area contributed by atoms with Crippen molar-refractivity contribution in [3.8, 4) is 5.75 Å². The molecule has 0 spiro atoms. The van der Waals surface area contributed by atoms with Gasteiger partial charge in [0.25, 0.3) is 0 Å². The van der Waals surface area contributed by atoms with Crippen LogP contribution in [0.2, 0.25) is 0 Å². The Hall–Kier alpha value is -1.81. The molecule has 0 aliphatic heterocycles. The average molecular weight is 292 g/mol. The zero-order valence-corrected chi connectivity index (χ0v) is 12.9. The van der Waals surface area contributed by atoms with Gasteiger partial charge in [-0.15, -0.1) is 0 Å². The lowest BCUT2D eigenvalue weighted by atomic mass is 10.0. The van der Waals surface area contributed by atoms with Gasteiger partial charge in [-0.1, -0.05) is 44.6 Å². The van der Waals surface area contributed by atoms with Crippen LogP contribution in [0.15, 0.2) is 36.4 Å².